The molecule has 1 saturated heterocycles. The van der Waals surface area contributed by atoms with Crippen molar-refractivity contribution >= 4 is 35.0 Å². The van der Waals surface area contributed by atoms with E-state index in [0.717, 1.165) is 30.4 Å². The van der Waals surface area contributed by atoms with E-state index in [1.165, 1.54) is 10.5 Å². The Morgan fingerprint density at radius 2 is 1.90 bits per heavy atom. The van der Waals surface area contributed by atoms with Gasteiger partial charge >= 0.3 is 11.9 Å². The Morgan fingerprint density at radius 3 is 2.45 bits per heavy atom. The number of carboxylic acids is 2. The van der Waals surface area contributed by atoms with Crippen molar-refractivity contribution in [3.63, 3.8) is 0 Å². The molecule has 0 amide bonds. The summed E-state index contributed by atoms with van der Waals surface area (Å²) >= 11 is 3.41. The average molecular weight is 434 g/mol. The minimum absolute atomic E-state index is 0.363. The highest BCUT2D eigenvalue weighted by Crippen LogP contribution is 2.30. The molecule has 0 radical (unpaired) electrons. The average Bonchev–Trinajstić information content (AvgIpc) is 3.37. The molecule has 0 aliphatic carbocycles. The molecule has 4 rings (SSSR count). The minimum Gasteiger partial charge on any atom is -0.473 e. The Hall–Kier alpha value is -2.69. The number of aliphatic carboxylic acids is 2. The van der Waals surface area contributed by atoms with Crippen LogP contribution in [-0.2, 0) is 16.1 Å². The van der Waals surface area contributed by atoms with Crippen LogP contribution in [0.1, 0.15) is 17.4 Å². The maximum absolute atomic E-state index is 9.10. The van der Waals surface area contributed by atoms with Crippen LogP contribution in [0.4, 0.5) is 0 Å². The quantitative estimate of drug-likeness (QED) is 0.462. The minimum atomic E-state index is -1.82. The van der Waals surface area contributed by atoms with Crippen LogP contribution in [0.2, 0.25) is 0 Å². The highest BCUT2D eigenvalue weighted by molar-refractivity contribution is 7.98. The van der Waals surface area contributed by atoms with Gasteiger partial charge in [0.1, 0.15) is 0 Å². The second-order valence-electron chi connectivity index (χ2n) is 6.28. The fourth-order valence-corrected chi connectivity index (χ4v) is 3.81. The molecule has 1 aliphatic rings. The predicted octanol–water partition coefficient (Wildman–Crippen LogP) is 3.28. The van der Waals surface area contributed by atoms with Crippen LogP contribution in [0.5, 0.6) is 0 Å². The number of hydrogen-bond donors (Lipinski definition) is 2. The summed E-state index contributed by atoms with van der Waals surface area (Å²) in [5, 5.41) is 20.9. The standard InChI is InChI=1S/C17H17N3OS2.C2H2O4/c1-22-14-6-4-12(5-7-14)9-20-10-13(11-20)17-18-16(19-21-17)15-3-2-8-23-15;3-1(4)2(5)6/h2-8,13H,9-11H2,1H3;(H,3,4)(H,5,6). The fourth-order valence-electron chi connectivity index (χ4n) is 2.75. The van der Waals surface area contributed by atoms with E-state index in [4.69, 9.17) is 24.3 Å². The molecule has 29 heavy (non-hydrogen) atoms. The first kappa shape index (κ1) is 21.0. The SMILES string of the molecule is CSc1ccc(CN2CC(c3nc(-c4cccs4)no3)C2)cc1.O=C(O)C(=O)O. The smallest absolute Gasteiger partial charge is 0.414 e. The zero-order valence-corrected chi connectivity index (χ0v) is 17.2. The number of hydrogen-bond acceptors (Lipinski definition) is 8. The van der Waals surface area contributed by atoms with Gasteiger partial charge in [0.05, 0.1) is 10.8 Å². The van der Waals surface area contributed by atoms with Gasteiger partial charge in [0.2, 0.25) is 11.7 Å². The van der Waals surface area contributed by atoms with Crippen molar-refractivity contribution in [2.24, 2.45) is 0 Å². The number of nitrogens with zero attached hydrogens (tertiary/aromatic N) is 3. The summed E-state index contributed by atoms with van der Waals surface area (Å²) in [7, 11) is 0. The lowest BCUT2D eigenvalue weighted by molar-refractivity contribution is -0.159. The van der Waals surface area contributed by atoms with E-state index in [0.29, 0.717) is 11.7 Å². The summed E-state index contributed by atoms with van der Waals surface area (Å²) in [5.41, 5.74) is 1.35. The molecule has 10 heteroatoms. The number of carbonyl (C=O) groups is 2. The molecule has 2 N–H and O–H groups in total. The molecule has 8 nitrogen and oxygen atoms in total. The third-order valence-electron chi connectivity index (χ3n) is 4.24. The summed E-state index contributed by atoms with van der Waals surface area (Å²) in [4.78, 5) is 27.5. The normalized spacial score (nSPS) is 14.0. The van der Waals surface area contributed by atoms with Crippen LogP contribution >= 0.6 is 23.1 Å². The second kappa shape index (κ2) is 9.68. The summed E-state index contributed by atoms with van der Waals surface area (Å²) < 4.78 is 5.44. The fraction of sp³-hybridized carbons (Fsp3) is 0.263. The number of aromatic nitrogens is 2. The number of likely N-dealkylation sites (tertiary alicyclic amines) is 1. The van der Waals surface area contributed by atoms with Gasteiger partial charge in [-0.1, -0.05) is 23.4 Å². The molecule has 1 fully saturated rings. The lowest BCUT2D eigenvalue weighted by Gasteiger charge is -2.37. The van der Waals surface area contributed by atoms with Crippen molar-refractivity contribution in [1.29, 1.82) is 0 Å². The molecule has 3 heterocycles. The maximum atomic E-state index is 9.10. The highest BCUT2D eigenvalue weighted by Gasteiger charge is 2.32. The van der Waals surface area contributed by atoms with E-state index < -0.39 is 11.9 Å². The third-order valence-corrected chi connectivity index (χ3v) is 5.85. The summed E-state index contributed by atoms with van der Waals surface area (Å²) in [5.74, 6) is -1.81. The Labute approximate surface area is 175 Å². The summed E-state index contributed by atoms with van der Waals surface area (Å²) in [6.45, 7) is 2.95. The number of thioether (sulfide) groups is 1. The molecular weight excluding hydrogens is 414 g/mol. The van der Waals surface area contributed by atoms with Gasteiger partial charge in [0.25, 0.3) is 0 Å². The van der Waals surface area contributed by atoms with Gasteiger partial charge in [0, 0.05) is 24.5 Å². The second-order valence-corrected chi connectivity index (χ2v) is 8.11. The van der Waals surface area contributed by atoms with Crippen LogP contribution in [-0.4, -0.2) is 56.5 Å². The molecule has 0 atom stereocenters. The Morgan fingerprint density at radius 1 is 1.21 bits per heavy atom. The zero-order valence-electron chi connectivity index (χ0n) is 15.5. The Kier molecular flexibility index (Phi) is 7.02. The molecule has 2 aromatic heterocycles. The molecule has 0 spiro atoms. The lowest BCUT2D eigenvalue weighted by Crippen LogP contribution is -2.44. The van der Waals surface area contributed by atoms with Gasteiger partial charge in [-0.3, -0.25) is 4.90 Å². The van der Waals surface area contributed by atoms with Crippen LogP contribution in [0.3, 0.4) is 0 Å². The van der Waals surface area contributed by atoms with E-state index in [1.807, 2.05) is 17.5 Å². The third kappa shape index (κ3) is 5.66. The molecule has 3 aromatic rings. The number of rotatable bonds is 5. The van der Waals surface area contributed by atoms with Gasteiger partial charge in [-0.25, -0.2) is 9.59 Å². The largest absolute Gasteiger partial charge is 0.473 e. The molecule has 1 aliphatic heterocycles. The Bertz CT molecular complexity index is 939. The van der Waals surface area contributed by atoms with Crippen LogP contribution in [0.15, 0.2) is 51.2 Å². The van der Waals surface area contributed by atoms with E-state index in [2.05, 4.69) is 45.6 Å². The lowest BCUT2D eigenvalue weighted by atomic mass is 9.99. The van der Waals surface area contributed by atoms with Gasteiger partial charge in [-0.05, 0) is 35.4 Å². The van der Waals surface area contributed by atoms with Crippen molar-refractivity contribution in [2.75, 3.05) is 19.3 Å². The monoisotopic (exact) mass is 433 g/mol. The van der Waals surface area contributed by atoms with Crippen molar-refractivity contribution in [3.8, 4) is 10.7 Å². The number of carboxylic acid groups (broad SMARTS) is 2. The van der Waals surface area contributed by atoms with Gasteiger partial charge in [0.15, 0.2) is 0 Å². The predicted molar refractivity (Wildman–Crippen MR) is 109 cm³/mol. The van der Waals surface area contributed by atoms with E-state index in [9.17, 15) is 0 Å². The first-order chi connectivity index (χ1) is 14.0. The van der Waals surface area contributed by atoms with Crippen LogP contribution < -0.4 is 0 Å². The van der Waals surface area contributed by atoms with Crippen molar-refractivity contribution < 1.29 is 24.3 Å². The van der Waals surface area contributed by atoms with Crippen molar-refractivity contribution in [1.82, 2.24) is 15.0 Å². The molecule has 0 bridgehead atoms. The highest BCUT2D eigenvalue weighted by atomic mass is 32.2. The topological polar surface area (TPSA) is 117 Å². The molecule has 1 aromatic carbocycles. The van der Waals surface area contributed by atoms with Crippen LogP contribution in [0.25, 0.3) is 10.7 Å². The summed E-state index contributed by atoms with van der Waals surface area (Å²) in [6.07, 6.45) is 2.10. The van der Waals surface area contributed by atoms with Crippen molar-refractivity contribution in [2.45, 2.75) is 17.4 Å². The number of benzene rings is 1. The van der Waals surface area contributed by atoms with E-state index in [1.54, 1.807) is 23.1 Å². The molecule has 0 unspecified atom stereocenters. The van der Waals surface area contributed by atoms with Crippen molar-refractivity contribution in [3.05, 3.63) is 53.2 Å². The molecule has 0 saturated carbocycles. The first-order valence-corrected chi connectivity index (χ1v) is 10.8. The first-order valence-electron chi connectivity index (χ1n) is 8.65. The van der Waals surface area contributed by atoms with Gasteiger partial charge in [-0.15, -0.1) is 23.1 Å². The van der Waals surface area contributed by atoms with Gasteiger partial charge in [-0.2, -0.15) is 4.98 Å². The van der Waals surface area contributed by atoms with E-state index in [-0.39, 0.29) is 0 Å². The Balaban J connectivity index is 0.000000353. The molecular formula is C19H19N3O5S2. The maximum Gasteiger partial charge on any atom is 0.414 e. The summed E-state index contributed by atoms with van der Waals surface area (Å²) in [6, 6.07) is 12.8. The number of thiophene rings is 1. The molecule has 152 valence electrons. The van der Waals surface area contributed by atoms with E-state index >= 15 is 0 Å². The zero-order chi connectivity index (χ0) is 20.8. The van der Waals surface area contributed by atoms with Crippen LogP contribution in [0, 0.1) is 0 Å². The van der Waals surface area contributed by atoms with Gasteiger partial charge < -0.3 is 14.7 Å².